The van der Waals surface area contributed by atoms with Gasteiger partial charge >= 0.3 is 0 Å². The van der Waals surface area contributed by atoms with E-state index in [1.54, 1.807) is 42.4 Å². The third-order valence-electron chi connectivity index (χ3n) is 6.44. The molecule has 0 aliphatic heterocycles. The van der Waals surface area contributed by atoms with Crippen molar-refractivity contribution < 1.29 is 32.5 Å². The first-order valence-electron chi connectivity index (χ1n) is 11.5. The van der Waals surface area contributed by atoms with Crippen LogP contribution in [0.5, 0.6) is 16.7 Å². The van der Waals surface area contributed by atoms with Gasteiger partial charge in [0.1, 0.15) is 40.0 Å². The van der Waals surface area contributed by atoms with E-state index >= 15 is 0 Å². The standard InChI is InChI=1S/C24H22F2N4O5S2/c1-32-14-7-17(34-11-13-12-36-20(28-13)23(31)3-5-24(25,26)6-4-23)15-9-19(35-18(15)8-14)16-10-27-21-30(16)29-22(33-2)37-21/h7-10,12,31H,3-6,11H2,1-2H3. The maximum Gasteiger partial charge on any atom is 0.294 e. The third kappa shape index (κ3) is 4.40. The second-order valence-electron chi connectivity index (χ2n) is 8.88. The summed E-state index contributed by atoms with van der Waals surface area (Å²) < 4.78 is 51.6. The molecule has 1 N–H and O–H groups in total. The largest absolute Gasteiger partial charge is 0.496 e. The van der Waals surface area contributed by atoms with Crippen LogP contribution in [0.4, 0.5) is 8.78 Å². The lowest BCUT2D eigenvalue weighted by atomic mass is 9.83. The van der Waals surface area contributed by atoms with Gasteiger partial charge in [0.2, 0.25) is 10.9 Å². The molecule has 0 radical (unpaired) electrons. The number of furan rings is 1. The molecule has 0 bridgehead atoms. The van der Waals surface area contributed by atoms with Crippen LogP contribution in [-0.4, -0.2) is 44.8 Å². The molecule has 0 saturated heterocycles. The zero-order chi connectivity index (χ0) is 25.8. The minimum absolute atomic E-state index is 0.0190. The highest BCUT2D eigenvalue weighted by Crippen LogP contribution is 2.44. The maximum atomic E-state index is 13.6. The molecule has 0 unspecified atom stereocenters. The molecule has 1 aliphatic carbocycles. The molecule has 9 nitrogen and oxygen atoms in total. The highest BCUT2D eigenvalue weighted by molar-refractivity contribution is 7.18. The number of fused-ring (bicyclic) bond motifs is 2. The van der Waals surface area contributed by atoms with Gasteiger partial charge in [-0.25, -0.2) is 18.7 Å². The van der Waals surface area contributed by atoms with Crippen molar-refractivity contribution in [2.24, 2.45) is 0 Å². The molecule has 1 saturated carbocycles. The summed E-state index contributed by atoms with van der Waals surface area (Å²) in [6, 6.07) is 5.36. The average Bonchev–Trinajstić information content (AvgIpc) is 3.67. The number of hydrogen-bond acceptors (Lipinski definition) is 10. The van der Waals surface area contributed by atoms with E-state index in [-0.39, 0.29) is 32.3 Å². The molecule has 4 heterocycles. The number of nitrogens with zero attached hydrogens (tertiary/aromatic N) is 4. The van der Waals surface area contributed by atoms with E-state index in [4.69, 9.17) is 18.6 Å². The Bertz CT molecular complexity index is 1580. The summed E-state index contributed by atoms with van der Waals surface area (Å²) in [7, 11) is 3.10. The number of thiazole rings is 1. The van der Waals surface area contributed by atoms with Gasteiger partial charge in [-0.05, 0) is 30.2 Å². The SMILES string of the molecule is COc1cc(OCc2csc(C3(O)CCC(F)(F)CC3)n2)c2cc(-c3cnc4sc(OC)nn34)oc2c1. The Morgan fingerprint density at radius 3 is 2.70 bits per heavy atom. The number of hydrogen-bond donors (Lipinski definition) is 1. The van der Waals surface area contributed by atoms with Crippen LogP contribution in [-0.2, 0) is 12.2 Å². The quantitative estimate of drug-likeness (QED) is 0.278. The number of halogens is 2. The number of aliphatic hydroxyl groups is 1. The minimum atomic E-state index is -2.73. The number of rotatable bonds is 7. The molecule has 0 atom stereocenters. The lowest BCUT2D eigenvalue weighted by molar-refractivity contribution is -0.107. The van der Waals surface area contributed by atoms with Crippen molar-refractivity contribution in [3.05, 3.63) is 40.5 Å². The Morgan fingerprint density at radius 1 is 1.14 bits per heavy atom. The number of benzene rings is 1. The van der Waals surface area contributed by atoms with Gasteiger partial charge < -0.3 is 23.7 Å². The minimum Gasteiger partial charge on any atom is -0.496 e. The van der Waals surface area contributed by atoms with Crippen LogP contribution < -0.4 is 14.2 Å². The van der Waals surface area contributed by atoms with Crippen molar-refractivity contribution in [1.29, 1.82) is 0 Å². The number of imidazole rings is 1. The van der Waals surface area contributed by atoms with Crippen LogP contribution in [0.3, 0.4) is 0 Å². The zero-order valence-electron chi connectivity index (χ0n) is 19.9. The van der Waals surface area contributed by atoms with E-state index in [2.05, 4.69) is 15.1 Å². The van der Waals surface area contributed by atoms with Crippen molar-refractivity contribution in [1.82, 2.24) is 19.6 Å². The van der Waals surface area contributed by atoms with Gasteiger partial charge in [-0.15, -0.1) is 16.4 Å². The van der Waals surface area contributed by atoms with Crippen molar-refractivity contribution in [2.75, 3.05) is 14.2 Å². The molecule has 1 fully saturated rings. The molecule has 1 aromatic carbocycles. The summed E-state index contributed by atoms with van der Waals surface area (Å²) in [6.07, 6.45) is 0.938. The first kappa shape index (κ1) is 24.1. The molecular weight excluding hydrogens is 526 g/mol. The summed E-state index contributed by atoms with van der Waals surface area (Å²) in [5, 5.41) is 18.7. The van der Waals surface area contributed by atoms with Gasteiger partial charge in [0, 0.05) is 30.4 Å². The van der Waals surface area contributed by atoms with Crippen LogP contribution in [0.2, 0.25) is 0 Å². The predicted octanol–water partition coefficient (Wildman–Crippen LogP) is 5.65. The van der Waals surface area contributed by atoms with Gasteiger partial charge in [0.05, 0.1) is 31.5 Å². The first-order chi connectivity index (χ1) is 17.8. The van der Waals surface area contributed by atoms with Gasteiger partial charge in [0.25, 0.3) is 5.19 Å². The lowest BCUT2D eigenvalue weighted by Crippen LogP contribution is -2.36. The topological polar surface area (TPSA) is 104 Å². The molecule has 1 aliphatic rings. The van der Waals surface area contributed by atoms with E-state index in [1.807, 2.05) is 6.07 Å². The highest BCUT2D eigenvalue weighted by atomic mass is 32.1. The summed E-state index contributed by atoms with van der Waals surface area (Å²) in [4.78, 5) is 9.54. The number of alkyl halides is 2. The molecular formula is C24H22F2N4O5S2. The third-order valence-corrected chi connectivity index (χ3v) is 8.41. The van der Waals surface area contributed by atoms with E-state index in [0.29, 0.717) is 49.4 Å². The van der Waals surface area contributed by atoms with E-state index in [1.165, 1.54) is 22.7 Å². The Balaban J connectivity index is 1.27. The van der Waals surface area contributed by atoms with Crippen LogP contribution in [0.25, 0.3) is 27.4 Å². The van der Waals surface area contributed by atoms with Crippen LogP contribution in [0.15, 0.2) is 34.2 Å². The van der Waals surface area contributed by atoms with Crippen LogP contribution in [0, 0.1) is 0 Å². The van der Waals surface area contributed by atoms with Crippen molar-refractivity contribution in [3.63, 3.8) is 0 Å². The predicted molar refractivity (Wildman–Crippen MR) is 133 cm³/mol. The highest BCUT2D eigenvalue weighted by Gasteiger charge is 2.44. The Hall–Kier alpha value is -3.29. The number of aromatic nitrogens is 4. The monoisotopic (exact) mass is 548 g/mol. The Morgan fingerprint density at radius 2 is 1.95 bits per heavy atom. The molecule has 13 heteroatoms. The molecule has 5 aromatic rings. The summed E-state index contributed by atoms with van der Waals surface area (Å²) >= 11 is 2.57. The van der Waals surface area contributed by atoms with Gasteiger partial charge in [-0.1, -0.05) is 0 Å². The summed E-state index contributed by atoms with van der Waals surface area (Å²) in [6.45, 7) is 0.117. The molecule has 0 spiro atoms. The van der Waals surface area contributed by atoms with Crippen molar-refractivity contribution in [3.8, 4) is 28.1 Å². The van der Waals surface area contributed by atoms with E-state index in [9.17, 15) is 13.9 Å². The molecule has 6 rings (SSSR count). The average molecular weight is 549 g/mol. The fourth-order valence-corrected chi connectivity index (χ4v) is 6.01. The van der Waals surface area contributed by atoms with Gasteiger partial charge in [-0.2, -0.15) is 4.52 Å². The van der Waals surface area contributed by atoms with Gasteiger partial charge in [0.15, 0.2) is 5.76 Å². The second-order valence-corrected chi connectivity index (χ2v) is 10.7. The van der Waals surface area contributed by atoms with E-state index in [0.717, 1.165) is 5.39 Å². The maximum absolute atomic E-state index is 13.6. The normalized spacial score (nSPS) is 16.9. The van der Waals surface area contributed by atoms with Crippen LogP contribution in [0.1, 0.15) is 36.4 Å². The molecule has 4 aromatic heterocycles. The molecule has 194 valence electrons. The van der Waals surface area contributed by atoms with E-state index < -0.39 is 11.5 Å². The number of methoxy groups -OCH3 is 2. The smallest absolute Gasteiger partial charge is 0.294 e. The first-order valence-corrected chi connectivity index (χ1v) is 13.1. The zero-order valence-corrected chi connectivity index (χ0v) is 21.5. The second kappa shape index (κ2) is 8.92. The Kier molecular flexibility index (Phi) is 5.81. The van der Waals surface area contributed by atoms with Crippen LogP contribution >= 0.6 is 22.7 Å². The summed E-state index contributed by atoms with van der Waals surface area (Å²) in [5.74, 6) is -1.12. The van der Waals surface area contributed by atoms with Gasteiger partial charge in [-0.3, -0.25) is 0 Å². The lowest BCUT2D eigenvalue weighted by Gasteiger charge is -2.34. The summed E-state index contributed by atoms with van der Waals surface area (Å²) in [5.41, 5.74) is 0.476. The van der Waals surface area contributed by atoms with Crippen molar-refractivity contribution >= 4 is 38.6 Å². The molecule has 0 amide bonds. The molecule has 37 heavy (non-hydrogen) atoms. The fourth-order valence-electron chi connectivity index (χ4n) is 4.35. The van der Waals surface area contributed by atoms with Crippen molar-refractivity contribution in [2.45, 2.75) is 43.8 Å². The number of ether oxygens (including phenoxy) is 3. The fraction of sp³-hybridized carbons (Fsp3) is 0.375. The Labute approximate surface area is 217 Å².